The van der Waals surface area contributed by atoms with E-state index in [4.69, 9.17) is 4.52 Å². The number of carbonyl (C=O) groups is 2. The van der Waals surface area contributed by atoms with Crippen molar-refractivity contribution in [3.05, 3.63) is 41.5 Å². The summed E-state index contributed by atoms with van der Waals surface area (Å²) in [5.74, 6) is -0.143. The Kier molecular flexibility index (Phi) is 5.01. The molecule has 1 aromatic heterocycles. The number of carbonyl (C=O) groups excluding carboxylic acids is 2. The van der Waals surface area contributed by atoms with Gasteiger partial charge in [0.05, 0.1) is 5.56 Å². The van der Waals surface area contributed by atoms with Crippen LogP contribution in [0.5, 0.6) is 0 Å². The molecule has 9 nitrogen and oxygen atoms in total. The van der Waals surface area contributed by atoms with Crippen LogP contribution < -0.4 is 5.32 Å². The number of rotatable bonds is 6. The van der Waals surface area contributed by atoms with Crippen LogP contribution in [0.1, 0.15) is 61.2 Å². The molecule has 1 aromatic carbocycles. The first-order valence-corrected chi connectivity index (χ1v) is 9.94. The molecule has 1 atom stereocenters. The number of benzene rings is 1. The summed E-state index contributed by atoms with van der Waals surface area (Å²) in [5, 5.41) is 6.50. The Balaban J connectivity index is 1.62. The zero-order chi connectivity index (χ0) is 19.8. The second-order valence-electron chi connectivity index (χ2n) is 6.56. The normalized spacial score (nSPS) is 16.4. The summed E-state index contributed by atoms with van der Waals surface area (Å²) in [6, 6.07) is 5.46. The number of nitrogens with one attached hydrogen (secondary N) is 1. The third-order valence-electron chi connectivity index (χ3n) is 4.18. The highest BCUT2D eigenvalue weighted by molar-refractivity contribution is 7.90. The Bertz CT molecular complexity index is 983. The van der Waals surface area contributed by atoms with Gasteiger partial charge < -0.3 is 9.84 Å². The second kappa shape index (κ2) is 7.10. The average molecular weight is 392 g/mol. The van der Waals surface area contributed by atoms with E-state index in [0.717, 1.165) is 4.31 Å². The van der Waals surface area contributed by atoms with Crippen LogP contribution in [0.3, 0.4) is 0 Å². The molecule has 1 unspecified atom stereocenters. The third kappa shape index (κ3) is 3.57. The van der Waals surface area contributed by atoms with Gasteiger partial charge in [0.2, 0.25) is 11.8 Å². The smallest absolute Gasteiger partial charge is 0.269 e. The standard InChI is InChI=1S/C17H20N4O5S/c1-10(2)15-19-16(26-20-15)11(3)18-14(22)8-9-21-17(23)12-6-4-5-7-13(12)27(21,24)25/h4-7,10-11H,8-9H2,1-3H3,(H,18,22). The molecule has 2 amide bonds. The van der Waals surface area contributed by atoms with Crippen LogP contribution in [0.25, 0.3) is 0 Å². The maximum Gasteiger partial charge on any atom is 0.269 e. The van der Waals surface area contributed by atoms with Gasteiger partial charge in [-0.2, -0.15) is 4.98 Å². The molecule has 1 aliphatic heterocycles. The monoisotopic (exact) mass is 392 g/mol. The van der Waals surface area contributed by atoms with Crippen LogP contribution in [0.2, 0.25) is 0 Å². The molecule has 2 heterocycles. The van der Waals surface area contributed by atoms with Crippen molar-refractivity contribution in [1.29, 1.82) is 0 Å². The SMILES string of the molecule is CC(C)c1noc(C(C)NC(=O)CCN2C(=O)c3ccccc3S2(=O)=O)n1. The first-order chi connectivity index (χ1) is 12.7. The van der Waals surface area contributed by atoms with Crippen molar-refractivity contribution in [1.82, 2.24) is 19.8 Å². The zero-order valence-corrected chi connectivity index (χ0v) is 16.0. The first-order valence-electron chi connectivity index (χ1n) is 8.50. The third-order valence-corrected chi connectivity index (χ3v) is 6.02. The Morgan fingerprint density at radius 3 is 2.59 bits per heavy atom. The summed E-state index contributed by atoms with van der Waals surface area (Å²) in [5.41, 5.74) is 0.123. The lowest BCUT2D eigenvalue weighted by Crippen LogP contribution is -2.35. The molecule has 144 valence electrons. The molecule has 1 N–H and O–H groups in total. The number of aromatic nitrogens is 2. The largest absolute Gasteiger partial charge is 0.345 e. The molecule has 1 aliphatic rings. The maximum absolute atomic E-state index is 12.5. The lowest BCUT2D eigenvalue weighted by Gasteiger charge is -2.15. The summed E-state index contributed by atoms with van der Waals surface area (Å²) in [6.45, 7) is 5.28. The average Bonchev–Trinajstić information content (AvgIpc) is 3.18. The van der Waals surface area contributed by atoms with E-state index < -0.39 is 27.9 Å². The van der Waals surface area contributed by atoms with Gasteiger partial charge >= 0.3 is 0 Å². The predicted octanol–water partition coefficient (Wildman–Crippen LogP) is 1.60. The molecule has 10 heteroatoms. The molecule has 0 saturated heterocycles. The van der Waals surface area contributed by atoms with E-state index in [0.29, 0.717) is 5.82 Å². The summed E-state index contributed by atoms with van der Waals surface area (Å²) in [7, 11) is -3.92. The quantitative estimate of drug-likeness (QED) is 0.792. The molecular formula is C17H20N4O5S. The van der Waals surface area contributed by atoms with Crippen molar-refractivity contribution >= 4 is 21.8 Å². The van der Waals surface area contributed by atoms with Crippen LogP contribution >= 0.6 is 0 Å². The fourth-order valence-electron chi connectivity index (χ4n) is 2.69. The lowest BCUT2D eigenvalue weighted by atomic mass is 10.2. The van der Waals surface area contributed by atoms with E-state index in [-0.39, 0.29) is 35.2 Å². The topological polar surface area (TPSA) is 122 Å². The van der Waals surface area contributed by atoms with E-state index >= 15 is 0 Å². The van der Waals surface area contributed by atoms with E-state index in [9.17, 15) is 18.0 Å². The van der Waals surface area contributed by atoms with E-state index in [1.54, 1.807) is 19.1 Å². The van der Waals surface area contributed by atoms with Gasteiger partial charge in [0, 0.05) is 18.9 Å². The number of hydrogen-bond acceptors (Lipinski definition) is 7. The zero-order valence-electron chi connectivity index (χ0n) is 15.2. The second-order valence-corrected chi connectivity index (χ2v) is 8.39. The molecule has 0 aliphatic carbocycles. The predicted molar refractivity (Wildman–Crippen MR) is 94.2 cm³/mol. The van der Waals surface area contributed by atoms with Crippen LogP contribution in [-0.4, -0.2) is 41.2 Å². The molecule has 0 saturated carbocycles. The fraction of sp³-hybridized carbons (Fsp3) is 0.412. The maximum atomic E-state index is 12.5. The lowest BCUT2D eigenvalue weighted by molar-refractivity contribution is -0.121. The molecule has 3 rings (SSSR count). The van der Waals surface area contributed by atoms with E-state index in [2.05, 4.69) is 15.5 Å². The summed E-state index contributed by atoms with van der Waals surface area (Å²) in [4.78, 5) is 28.7. The minimum absolute atomic E-state index is 0.0316. The number of amides is 2. The van der Waals surface area contributed by atoms with Crippen LogP contribution in [-0.2, 0) is 14.8 Å². The summed E-state index contributed by atoms with van der Waals surface area (Å²) >= 11 is 0. The Morgan fingerprint density at radius 2 is 1.96 bits per heavy atom. The van der Waals surface area contributed by atoms with Crippen molar-refractivity contribution in [2.75, 3.05) is 6.54 Å². The van der Waals surface area contributed by atoms with Crippen LogP contribution in [0.15, 0.2) is 33.7 Å². The number of hydrogen-bond donors (Lipinski definition) is 1. The summed E-state index contributed by atoms with van der Waals surface area (Å²) in [6.07, 6.45) is -0.172. The van der Waals surface area contributed by atoms with Gasteiger partial charge in [0.1, 0.15) is 10.9 Å². The van der Waals surface area contributed by atoms with Crippen molar-refractivity contribution in [3.63, 3.8) is 0 Å². The minimum atomic E-state index is -3.92. The van der Waals surface area contributed by atoms with Gasteiger partial charge in [0.25, 0.3) is 15.9 Å². The van der Waals surface area contributed by atoms with Crippen molar-refractivity contribution in [2.45, 2.75) is 44.0 Å². The van der Waals surface area contributed by atoms with Gasteiger partial charge in [0.15, 0.2) is 5.82 Å². The fourth-order valence-corrected chi connectivity index (χ4v) is 4.26. The number of nitrogens with zero attached hydrogens (tertiary/aromatic N) is 3. The Hall–Kier alpha value is -2.75. The van der Waals surface area contributed by atoms with Gasteiger partial charge in [-0.25, -0.2) is 12.7 Å². The van der Waals surface area contributed by atoms with Gasteiger partial charge in [-0.15, -0.1) is 0 Å². The Labute approximate surface area is 156 Å². The summed E-state index contributed by atoms with van der Waals surface area (Å²) < 4.78 is 30.8. The van der Waals surface area contributed by atoms with Crippen LogP contribution in [0, 0.1) is 0 Å². The molecule has 0 radical (unpaired) electrons. The minimum Gasteiger partial charge on any atom is -0.345 e. The van der Waals surface area contributed by atoms with Crippen molar-refractivity contribution < 1.29 is 22.5 Å². The molecule has 27 heavy (non-hydrogen) atoms. The Morgan fingerprint density at radius 1 is 1.26 bits per heavy atom. The first kappa shape index (κ1) is 19.0. The molecule has 0 spiro atoms. The van der Waals surface area contributed by atoms with Crippen molar-refractivity contribution in [3.8, 4) is 0 Å². The van der Waals surface area contributed by atoms with E-state index in [1.807, 2.05) is 13.8 Å². The molecule has 2 aromatic rings. The van der Waals surface area contributed by atoms with Crippen LogP contribution in [0.4, 0.5) is 0 Å². The highest BCUT2D eigenvalue weighted by Crippen LogP contribution is 2.29. The molecule has 0 fully saturated rings. The number of sulfonamides is 1. The van der Waals surface area contributed by atoms with Gasteiger partial charge in [-0.3, -0.25) is 9.59 Å². The van der Waals surface area contributed by atoms with E-state index in [1.165, 1.54) is 12.1 Å². The van der Waals surface area contributed by atoms with Crippen molar-refractivity contribution in [2.24, 2.45) is 0 Å². The molecule has 0 bridgehead atoms. The number of fused-ring (bicyclic) bond motifs is 1. The molecular weight excluding hydrogens is 372 g/mol. The van der Waals surface area contributed by atoms with Gasteiger partial charge in [-0.05, 0) is 19.1 Å². The van der Waals surface area contributed by atoms with Gasteiger partial charge in [-0.1, -0.05) is 31.1 Å². The highest BCUT2D eigenvalue weighted by atomic mass is 32.2. The highest BCUT2D eigenvalue weighted by Gasteiger charge is 2.40.